The number of nitrogens with zero attached hydrogens (tertiary/aromatic N) is 4. The van der Waals surface area contributed by atoms with Crippen LogP contribution in [0.5, 0.6) is 0 Å². The second-order valence-electron chi connectivity index (χ2n) is 8.42. The van der Waals surface area contributed by atoms with Crippen LogP contribution >= 0.6 is 58.6 Å². The minimum absolute atomic E-state index is 0.437. The largest absolute Gasteiger partial charge is 0.329 e. The van der Waals surface area contributed by atoms with Crippen molar-refractivity contribution < 1.29 is 0 Å². The van der Waals surface area contributed by atoms with Gasteiger partial charge < -0.3 is 10.6 Å². The van der Waals surface area contributed by atoms with E-state index in [0.29, 0.717) is 38.3 Å². The Balaban J connectivity index is 1.50. The Labute approximate surface area is 235 Å². The third-order valence-electron chi connectivity index (χ3n) is 5.94. The summed E-state index contributed by atoms with van der Waals surface area (Å²) in [6.07, 6.45) is 0. The van der Waals surface area contributed by atoms with Crippen molar-refractivity contribution >= 4 is 75.1 Å². The first-order valence-corrected chi connectivity index (χ1v) is 13.0. The van der Waals surface area contributed by atoms with Gasteiger partial charge >= 0.3 is 0 Å². The lowest BCUT2D eigenvalue weighted by atomic mass is 10.2. The fraction of sp³-hybridized carbons (Fsp3) is 0.240. The van der Waals surface area contributed by atoms with Crippen molar-refractivity contribution in [3.8, 4) is 0 Å². The van der Waals surface area contributed by atoms with Gasteiger partial charge in [0.1, 0.15) is 0 Å². The quantitative estimate of drug-likeness (QED) is 0.227. The number of nitrogens with one attached hydrogen (secondary N) is 2. The molecule has 6 nitrogen and oxygen atoms in total. The molecule has 11 heteroatoms. The van der Waals surface area contributed by atoms with E-state index in [-0.39, 0.29) is 0 Å². The molecular weight excluding hydrogens is 558 g/mol. The molecule has 0 bridgehead atoms. The maximum Gasteiger partial charge on any atom is 0.175 e. The predicted octanol–water partition coefficient (Wildman–Crippen LogP) is 7.83. The molecule has 0 aliphatic heterocycles. The fourth-order valence-electron chi connectivity index (χ4n) is 3.97. The van der Waals surface area contributed by atoms with Gasteiger partial charge in [0, 0.05) is 25.7 Å². The number of hydrogen-bond acceptors (Lipinski definition) is 3. The standard InChI is InChI=1S/C25H24Cl4N6S/c1-13-23(15(3)34(32-13)11-17-8-9-18(26)10-22(17)29)30-25(36)31-24-14(2)33-35(16(24)4)12-19-20(27)6-5-7-21(19)28/h5-10H,11-12H2,1-4H3,(H2,30,31,36). The topological polar surface area (TPSA) is 59.7 Å². The molecule has 0 saturated heterocycles. The van der Waals surface area contributed by atoms with E-state index in [1.807, 2.05) is 67.4 Å². The zero-order valence-corrected chi connectivity index (χ0v) is 23.9. The molecule has 0 aliphatic carbocycles. The Morgan fingerprint density at radius 2 is 1.31 bits per heavy atom. The molecule has 2 heterocycles. The lowest BCUT2D eigenvalue weighted by molar-refractivity contribution is 0.659. The van der Waals surface area contributed by atoms with Crippen LogP contribution in [0.2, 0.25) is 20.1 Å². The minimum Gasteiger partial charge on any atom is -0.329 e. The van der Waals surface area contributed by atoms with Crippen molar-refractivity contribution in [3.63, 3.8) is 0 Å². The number of anilines is 2. The van der Waals surface area contributed by atoms with Crippen LogP contribution in [-0.4, -0.2) is 24.7 Å². The van der Waals surface area contributed by atoms with Gasteiger partial charge in [-0.3, -0.25) is 9.36 Å². The molecule has 0 atom stereocenters. The average Bonchev–Trinajstić information content (AvgIpc) is 3.22. The van der Waals surface area contributed by atoms with Crippen molar-refractivity contribution in [1.82, 2.24) is 19.6 Å². The normalized spacial score (nSPS) is 11.1. The highest BCUT2D eigenvalue weighted by Crippen LogP contribution is 2.28. The maximum absolute atomic E-state index is 6.36. The summed E-state index contributed by atoms with van der Waals surface area (Å²) in [6.45, 7) is 8.77. The number of hydrogen-bond donors (Lipinski definition) is 2. The van der Waals surface area contributed by atoms with Crippen molar-refractivity contribution in [2.75, 3.05) is 10.6 Å². The van der Waals surface area contributed by atoms with Gasteiger partial charge in [0.05, 0.1) is 47.2 Å². The predicted molar refractivity (Wildman–Crippen MR) is 154 cm³/mol. The number of rotatable bonds is 6. The van der Waals surface area contributed by atoms with Crippen molar-refractivity contribution in [3.05, 3.63) is 90.4 Å². The highest BCUT2D eigenvalue weighted by molar-refractivity contribution is 7.80. The van der Waals surface area contributed by atoms with Gasteiger partial charge in [0.2, 0.25) is 0 Å². The fourth-order valence-corrected chi connectivity index (χ4v) is 5.16. The second kappa shape index (κ2) is 11.0. The molecule has 2 N–H and O–H groups in total. The molecule has 0 saturated carbocycles. The second-order valence-corrected chi connectivity index (χ2v) is 10.5. The van der Waals surface area contributed by atoms with Crippen LogP contribution in [0, 0.1) is 27.7 Å². The van der Waals surface area contributed by atoms with Crippen LogP contribution in [0.1, 0.15) is 33.9 Å². The van der Waals surface area contributed by atoms with Gasteiger partial charge in [0.25, 0.3) is 0 Å². The summed E-state index contributed by atoms with van der Waals surface area (Å²) < 4.78 is 3.75. The molecule has 0 radical (unpaired) electrons. The van der Waals surface area contributed by atoms with E-state index in [1.165, 1.54) is 0 Å². The van der Waals surface area contributed by atoms with Crippen molar-refractivity contribution in [1.29, 1.82) is 0 Å². The summed E-state index contributed by atoms with van der Waals surface area (Å²) in [7, 11) is 0. The summed E-state index contributed by atoms with van der Waals surface area (Å²) in [5.41, 5.74) is 6.87. The van der Waals surface area contributed by atoms with Crippen LogP contribution in [-0.2, 0) is 13.1 Å². The molecule has 0 unspecified atom stereocenters. The summed E-state index contributed by atoms with van der Waals surface area (Å²) in [5.74, 6) is 0. The van der Waals surface area contributed by atoms with Crippen LogP contribution in [0.25, 0.3) is 0 Å². The van der Waals surface area contributed by atoms with Gasteiger partial charge in [0.15, 0.2) is 5.11 Å². The number of benzene rings is 2. The van der Waals surface area contributed by atoms with Crippen molar-refractivity contribution in [2.24, 2.45) is 0 Å². The molecular formula is C25H24Cl4N6S. The Kier molecular flexibility index (Phi) is 8.17. The molecule has 0 fully saturated rings. The smallest absolute Gasteiger partial charge is 0.175 e. The molecule has 0 aliphatic rings. The average molecular weight is 582 g/mol. The Bertz CT molecular complexity index is 1440. The SMILES string of the molecule is Cc1nn(Cc2ccc(Cl)cc2Cl)c(C)c1NC(=S)Nc1c(C)nn(Cc2c(Cl)cccc2Cl)c1C. The number of thiocarbonyl (C=S) groups is 1. The first kappa shape index (κ1) is 26.8. The first-order valence-electron chi connectivity index (χ1n) is 11.1. The minimum atomic E-state index is 0.437. The molecule has 188 valence electrons. The molecule has 0 spiro atoms. The van der Waals surface area contributed by atoms with E-state index < -0.39 is 0 Å². The lowest BCUT2D eigenvalue weighted by Crippen LogP contribution is -2.21. The van der Waals surface area contributed by atoms with Crippen molar-refractivity contribution in [2.45, 2.75) is 40.8 Å². The first-order chi connectivity index (χ1) is 17.0. The Morgan fingerprint density at radius 1 is 0.778 bits per heavy atom. The summed E-state index contributed by atoms with van der Waals surface area (Å²) in [6, 6.07) is 10.9. The lowest BCUT2D eigenvalue weighted by Gasteiger charge is -2.13. The summed E-state index contributed by atoms with van der Waals surface area (Å²) in [4.78, 5) is 0. The van der Waals surface area contributed by atoms with E-state index in [9.17, 15) is 0 Å². The monoisotopic (exact) mass is 580 g/mol. The third-order valence-corrected chi connectivity index (χ3v) is 7.44. The molecule has 0 amide bonds. The summed E-state index contributed by atoms with van der Waals surface area (Å²) >= 11 is 30.7. The zero-order chi connectivity index (χ0) is 26.1. The molecule has 4 aromatic rings. The zero-order valence-electron chi connectivity index (χ0n) is 20.1. The van der Waals surface area contributed by atoms with E-state index in [0.717, 1.165) is 45.3 Å². The number of aromatic nitrogens is 4. The van der Waals surface area contributed by atoms with E-state index in [4.69, 9.17) is 58.6 Å². The van der Waals surface area contributed by atoms with Crippen LogP contribution in [0.3, 0.4) is 0 Å². The van der Waals surface area contributed by atoms with Gasteiger partial charge in [-0.1, -0.05) is 58.5 Å². The highest BCUT2D eigenvalue weighted by atomic mass is 35.5. The third kappa shape index (κ3) is 5.66. The maximum atomic E-state index is 6.36. The van der Waals surface area contributed by atoms with Crippen LogP contribution in [0.15, 0.2) is 36.4 Å². The Morgan fingerprint density at radius 3 is 1.83 bits per heavy atom. The van der Waals surface area contributed by atoms with Crippen LogP contribution in [0.4, 0.5) is 11.4 Å². The van der Waals surface area contributed by atoms with Gasteiger partial charge in [-0.15, -0.1) is 0 Å². The Hall–Kier alpha value is -2.29. The van der Waals surface area contributed by atoms with E-state index >= 15 is 0 Å². The van der Waals surface area contributed by atoms with Gasteiger partial charge in [-0.05, 0) is 69.7 Å². The van der Waals surface area contributed by atoms with E-state index in [1.54, 1.807) is 6.07 Å². The molecule has 36 heavy (non-hydrogen) atoms. The van der Waals surface area contributed by atoms with Gasteiger partial charge in [-0.25, -0.2) is 0 Å². The number of aryl methyl sites for hydroxylation is 2. The molecule has 2 aromatic carbocycles. The van der Waals surface area contributed by atoms with Crippen LogP contribution < -0.4 is 10.6 Å². The molecule has 4 rings (SSSR count). The number of halogens is 4. The van der Waals surface area contributed by atoms with E-state index in [2.05, 4.69) is 20.8 Å². The molecule has 2 aromatic heterocycles. The summed E-state index contributed by atoms with van der Waals surface area (Å²) in [5, 5.41) is 18.7. The van der Waals surface area contributed by atoms with Gasteiger partial charge in [-0.2, -0.15) is 10.2 Å². The highest BCUT2D eigenvalue weighted by Gasteiger charge is 2.18.